The molecule has 1 heterocycles. The number of hydrogen-bond acceptors (Lipinski definition) is 6. The molecule has 8 nitrogen and oxygen atoms in total. The first-order valence-corrected chi connectivity index (χ1v) is 10.8. The van der Waals surface area contributed by atoms with E-state index in [4.69, 9.17) is 4.74 Å². The minimum Gasteiger partial charge on any atom is -0.495 e. The van der Waals surface area contributed by atoms with Gasteiger partial charge in [-0.2, -0.15) is 13.2 Å². The van der Waals surface area contributed by atoms with Crippen molar-refractivity contribution in [3.63, 3.8) is 0 Å². The van der Waals surface area contributed by atoms with Gasteiger partial charge in [0.25, 0.3) is 15.7 Å². The Morgan fingerprint density at radius 3 is 2.35 bits per heavy atom. The molecule has 12 heteroatoms. The van der Waals surface area contributed by atoms with Gasteiger partial charge in [0.2, 0.25) is 0 Å². The van der Waals surface area contributed by atoms with Crippen molar-refractivity contribution in [2.75, 3.05) is 29.8 Å². The molecule has 3 rings (SSSR count). The standard InChI is InChI=1S/C19H20F3N3O5S/c1-30-17-12-14(25(26)27)6-8-18(17)31(28,29)23-15-11-13(19(20,21)22)5-7-16(15)24-9-3-2-4-10-24/h5-8,11-12,23H,2-4,9-10H2,1H3. The summed E-state index contributed by atoms with van der Waals surface area (Å²) in [6.45, 7) is 1.17. The predicted octanol–water partition coefficient (Wildman–Crippen LogP) is 4.41. The average Bonchev–Trinajstić information content (AvgIpc) is 2.72. The normalized spacial score (nSPS) is 14.9. The van der Waals surface area contributed by atoms with E-state index in [0.29, 0.717) is 18.8 Å². The Morgan fingerprint density at radius 1 is 1.10 bits per heavy atom. The Bertz CT molecular complexity index is 1080. The van der Waals surface area contributed by atoms with E-state index in [1.165, 1.54) is 6.07 Å². The third kappa shape index (κ3) is 5.01. The first-order valence-electron chi connectivity index (χ1n) is 9.34. The number of methoxy groups -OCH3 is 1. The average molecular weight is 459 g/mol. The summed E-state index contributed by atoms with van der Waals surface area (Å²) < 4.78 is 73.0. The summed E-state index contributed by atoms with van der Waals surface area (Å²) in [6.07, 6.45) is -2.00. The summed E-state index contributed by atoms with van der Waals surface area (Å²) in [5.41, 5.74) is -1.28. The van der Waals surface area contributed by atoms with Crippen LogP contribution in [-0.4, -0.2) is 33.5 Å². The molecule has 0 unspecified atom stereocenters. The Hall–Kier alpha value is -3.02. The number of benzene rings is 2. The van der Waals surface area contributed by atoms with Gasteiger partial charge >= 0.3 is 6.18 Å². The van der Waals surface area contributed by atoms with E-state index >= 15 is 0 Å². The zero-order valence-corrected chi connectivity index (χ0v) is 17.3. The highest BCUT2D eigenvalue weighted by molar-refractivity contribution is 7.92. The summed E-state index contributed by atoms with van der Waals surface area (Å²) in [7, 11) is -3.27. The lowest BCUT2D eigenvalue weighted by Gasteiger charge is -2.31. The minimum atomic E-state index is -4.66. The van der Waals surface area contributed by atoms with Crippen molar-refractivity contribution < 1.29 is 31.2 Å². The Kier molecular flexibility index (Phi) is 6.30. The SMILES string of the molecule is COc1cc([N+](=O)[O-])ccc1S(=O)(=O)Nc1cc(C(F)(F)F)ccc1N1CCCCC1. The Labute approximate surface area is 176 Å². The summed E-state index contributed by atoms with van der Waals surface area (Å²) in [6, 6.07) is 5.81. The number of rotatable bonds is 6. The maximum absolute atomic E-state index is 13.3. The van der Waals surface area contributed by atoms with Crippen LogP contribution in [0.4, 0.5) is 30.2 Å². The molecule has 2 aromatic rings. The van der Waals surface area contributed by atoms with Gasteiger partial charge in [0, 0.05) is 19.2 Å². The van der Waals surface area contributed by atoms with Crippen molar-refractivity contribution in [3.8, 4) is 5.75 Å². The lowest BCUT2D eigenvalue weighted by Crippen LogP contribution is -2.30. The van der Waals surface area contributed by atoms with Crippen molar-refractivity contribution in [2.45, 2.75) is 30.3 Å². The van der Waals surface area contributed by atoms with Crippen LogP contribution in [0.25, 0.3) is 0 Å². The zero-order chi connectivity index (χ0) is 22.8. The first kappa shape index (κ1) is 22.7. The smallest absolute Gasteiger partial charge is 0.416 e. The van der Waals surface area contributed by atoms with Crippen LogP contribution in [0, 0.1) is 10.1 Å². The van der Waals surface area contributed by atoms with Crippen LogP contribution in [0.1, 0.15) is 24.8 Å². The molecule has 168 valence electrons. The zero-order valence-electron chi connectivity index (χ0n) is 16.5. The van der Waals surface area contributed by atoms with E-state index in [2.05, 4.69) is 4.72 Å². The molecular formula is C19H20F3N3O5S. The highest BCUT2D eigenvalue weighted by atomic mass is 32.2. The largest absolute Gasteiger partial charge is 0.495 e. The Morgan fingerprint density at radius 2 is 1.77 bits per heavy atom. The maximum Gasteiger partial charge on any atom is 0.416 e. The van der Waals surface area contributed by atoms with E-state index in [9.17, 15) is 31.7 Å². The van der Waals surface area contributed by atoms with Gasteiger partial charge in [0.05, 0.1) is 35.0 Å². The number of nitro groups is 1. The van der Waals surface area contributed by atoms with E-state index in [1.54, 1.807) is 0 Å². The molecule has 0 aromatic heterocycles. The fourth-order valence-corrected chi connectivity index (χ4v) is 4.61. The molecule has 1 saturated heterocycles. The maximum atomic E-state index is 13.3. The third-order valence-corrected chi connectivity index (χ3v) is 6.32. The second-order valence-electron chi connectivity index (χ2n) is 6.98. The molecular weight excluding hydrogens is 439 g/mol. The van der Waals surface area contributed by atoms with E-state index in [0.717, 1.165) is 56.7 Å². The van der Waals surface area contributed by atoms with Crippen LogP contribution in [0.5, 0.6) is 5.75 Å². The van der Waals surface area contributed by atoms with Crippen LogP contribution in [0.3, 0.4) is 0 Å². The molecule has 0 amide bonds. The molecule has 2 aromatic carbocycles. The monoisotopic (exact) mass is 459 g/mol. The van der Waals surface area contributed by atoms with E-state index in [-0.39, 0.29) is 17.1 Å². The number of non-ortho nitro benzene ring substituents is 1. The van der Waals surface area contributed by atoms with Gasteiger partial charge in [-0.15, -0.1) is 0 Å². The topological polar surface area (TPSA) is 102 Å². The number of halogens is 3. The van der Waals surface area contributed by atoms with Gasteiger partial charge in [-0.05, 0) is 43.5 Å². The summed E-state index contributed by atoms with van der Waals surface area (Å²) in [5, 5.41) is 10.9. The van der Waals surface area contributed by atoms with Crippen molar-refractivity contribution in [3.05, 3.63) is 52.1 Å². The fraction of sp³-hybridized carbons (Fsp3) is 0.368. The molecule has 0 aliphatic carbocycles. The summed E-state index contributed by atoms with van der Waals surface area (Å²) >= 11 is 0. The molecule has 0 spiro atoms. The molecule has 0 saturated carbocycles. The lowest BCUT2D eigenvalue weighted by molar-refractivity contribution is -0.385. The van der Waals surface area contributed by atoms with Gasteiger partial charge in [-0.1, -0.05) is 0 Å². The fourth-order valence-electron chi connectivity index (χ4n) is 3.40. The number of ether oxygens (including phenoxy) is 1. The van der Waals surface area contributed by atoms with Crippen molar-refractivity contribution in [2.24, 2.45) is 0 Å². The van der Waals surface area contributed by atoms with Crippen LogP contribution >= 0.6 is 0 Å². The Balaban J connectivity index is 2.06. The van der Waals surface area contributed by atoms with Gasteiger partial charge in [-0.25, -0.2) is 8.42 Å². The van der Waals surface area contributed by atoms with Crippen LogP contribution in [0.15, 0.2) is 41.3 Å². The molecule has 0 radical (unpaired) electrons. The summed E-state index contributed by atoms with van der Waals surface area (Å²) in [4.78, 5) is 11.6. The number of piperidine rings is 1. The van der Waals surface area contributed by atoms with Crippen LogP contribution in [0.2, 0.25) is 0 Å². The number of nitro benzene ring substituents is 1. The van der Waals surface area contributed by atoms with Gasteiger partial charge in [-0.3, -0.25) is 14.8 Å². The third-order valence-electron chi connectivity index (χ3n) is 4.91. The minimum absolute atomic E-state index is 0.225. The van der Waals surface area contributed by atoms with E-state index < -0.39 is 31.6 Å². The molecule has 1 N–H and O–H groups in total. The van der Waals surface area contributed by atoms with Crippen molar-refractivity contribution in [1.29, 1.82) is 0 Å². The second kappa shape index (κ2) is 8.61. The second-order valence-corrected chi connectivity index (χ2v) is 8.63. The van der Waals surface area contributed by atoms with Gasteiger partial charge < -0.3 is 9.64 Å². The van der Waals surface area contributed by atoms with Crippen molar-refractivity contribution >= 4 is 27.1 Å². The van der Waals surface area contributed by atoms with Crippen LogP contribution < -0.4 is 14.4 Å². The molecule has 31 heavy (non-hydrogen) atoms. The van der Waals surface area contributed by atoms with Crippen molar-refractivity contribution in [1.82, 2.24) is 0 Å². The molecule has 0 atom stereocenters. The molecule has 1 aliphatic rings. The number of hydrogen-bond donors (Lipinski definition) is 1. The quantitative estimate of drug-likeness (QED) is 0.507. The molecule has 1 aliphatic heterocycles. The van der Waals surface area contributed by atoms with Gasteiger partial charge in [0.1, 0.15) is 10.6 Å². The number of sulfonamides is 1. The first-order chi connectivity index (χ1) is 14.5. The molecule has 0 bridgehead atoms. The number of alkyl halides is 3. The number of anilines is 2. The molecule has 1 fully saturated rings. The number of nitrogens with one attached hydrogen (secondary N) is 1. The lowest BCUT2D eigenvalue weighted by atomic mass is 10.1. The van der Waals surface area contributed by atoms with Crippen LogP contribution in [-0.2, 0) is 16.2 Å². The summed E-state index contributed by atoms with van der Waals surface area (Å²) in [5.74, 6) is -0.298. The predicted molar refractivity (Wildman–Crippen MR) is 108 cm³/mol. The van der Waals surface area contributed by atoms with Gasteiger partial charge in [0.15, 0.2) is 0 Å². The number of nitrogens with zero attached hydrogens (tertiary/aromatic N) is 2. The van der Waals surface area contributed by atoms with E-state index in [1.807, 2.05) is 4.90 Å². The highest BCUT2D eigenvalue weighted by Crippen LogP contribution is 2.38. The highest BCUT2D eigenvalue weighted by Gasteiger charge is 2.33.